The zero-order valence-electron chi connectivity index (χ0n) is 17.3. The van der Waals surface area contributed by atoms with Crippen LogP contribution in [-0.4, -0.2) is 40.5 Å². The first-order valence-electron chi connectivity index (χ1n) is 10.4. The molecule has 152 valence electrons. The standard InChI is InChI=1S/C22H28N6S/c1-3-11-27-21(19-6-4-5-18(2)16-19)24-28(22(27)29)17-25-12-14-26(15-13-25)20-7-9-23-10-8-20/h4-10,16H,3,11-15,17H2,1-2H3/p+2. The number of benzene rings is 1. The van der Waals surface area contributed by atoms with E-state index in [0.29, 0.717) is 0 Å². The highest BCUT2D eigenvalue weighted by Crippen LogP contribution is 2.20. The molecular formula is C22H30N6S+2. The number of hydrogen-bond acceptors (Lipinski definition) is 3. The van der Waals surface area contributed by atoms with E-state index in [-0.39, 0.29) is 0 Å². The van der Waals surface area contributed by atoms with E-state index in [0.717, 1.165) is 62.0 Å². The highest BCUT2D eigenvalue weighted by Gasteiger charge is 2.22. The molecule has 1 fully saturated rings. The van der Waals surface area contributed by atoms with E-state index in [2.05, 4.69) is 64.7 Å². The average Bonchev–Trinajstić information content (AvgIpc) is 3.05. The Bertz CT molecular complexity index is 1000. The van der Waals surface area contributed by atoms with Gasteiger partial charge in [-0.1, -0.05) is 30.7 Å². The van der Waals surface area contributed by atoms with Crippen LogP contribution in [0.15, 0.2) is 48.8 Å². The molecule has 2 N–H and O–H groups in total. The Hall–Kier alpha value is -2.51. The maximum atomic E-state index is 5.82. The molecule has 0 radical (unpaired) electrons. The van der Waals surface area contributed by atoms with Crippen LogP contribution in [0.5, 0.6) is 0 Å². The van der Waals surface area contributed by atoms with Crippen molar-refractivity contribution in [3.05, 3.63) is 59.1 Å². The smallest absolute Gasteiger partial charge is 0.203 e. The Morgan fingerprint density at radius 3 is 2.59 bits per heavy atom. The molecule has 0 aliphatic carbocycles. The minimum Gasteiger partial charge on any atom is -0.360 e. The lowest BCUT2D eigenvalue weighted by Crippen LogP contribution is -3.14. The number of anilines is 1. The summed E-state index contributed by atoms with van der Waals surface area (Å²) >= 11 is 5.82. The normalized spacial score (nSPS) is 15.0. The number of hydrogen-bond donors (Lipinski definition) is 1. The molecular weight excluding hydrogens is 380 g/mol. The van der Waals surface area contributed by atoms with Gasteiger partial charge in [0, 0.05) is 29.9 Å². The summed E-state index contributed by atoms with van der Waals surface area (Å²) in [5.74, 6) is 0.985. The summed E-state index contributed by atoms with van der Waals surface area (Å²) in [5.41, 5.74) is 3.67. The third kappa shape index (κ3) is 4.41. The van der Waals surface area contributed by atoms with E-state index in [1.165, 1.54) is 16.2 Å². The first-order valence-corrected chi connectivity index (χ1v) is 10.9. The van der Waals surface area contributed by atoms with Gasteiger partial charge in [-0.05, 0) is 31.6 Å². The molecule has 4 rings (SSSR count). The Morgan fingerprint density at radius 2 is 1.90 bits per heavy atom. The van der Waals surface area contributed by atoms with E-state index >= 15 is 0 Å². The van der Waals surface area contributed by atoms with Crippen molar-refractivity contribution >= 4 is 17.9 Å². The van der Waals surface area contributed by atoms with Gasteiger partial charge in [-0.25, -0.2) is 4.98 Å². The molecule has 29 heavy (non-hydrogen) atoms. The summed E-state index contributed by atoms with van der Waals surface area (Å²) < 4.78 is 5.06. The Labute approximate surface area is 177 Å². The molecule has 2 aromatic heterocycles. The Kier molecular flexibility index (Phi) is 6.06. The van der Waals surface area contributed by atoms with Crippen LogP contribution >= 0.6 is 12.2 Å². The first-order chi connectivity index (χ1) is 14.2. The number of H-pyrrole nitrogens is 1. The second-order valence-electron chi connectivity index (χ2n) is 7.78. The number of aromatic amines is 1. The van der Waals surface area contributed by atoms with Gasteiger partial charge in [0.15, 0.2) is 24.9 Å². The third-order valence-electron chi connectivity index (χ3n) is 5.56. The number of nitrogens with one attached hydrogen (secondary N) is 2. The van der Waals surface area contributed by atoms with Crippen LogP contribution < -0.4 is 14.8 Å². The van der Waals surface area contributed by atoms with Gasteiger partial charge in [0.2, 0.25) is 4.77 Å². The van der Waals surface area contributed by atoms with Gasteiger partial charge < -0.3 is 9.80 Å². The van der Waals surface area contributed by atoms with Crippen molar-refractivity contribution in [1.82, 2.24) is 14.3 Å². The monoisotopic (exact) mass is 410 g/mol. The quantitative estimate of drug-likeness (QED) is 0.632. The Morgan fingerprint density at radius 1 is 1.14 bits per heavy atom. The van der Waals surface area contributed by atoms with E-state index in [4.69, 9.17) is 17.3 Å². The number of aryl methyl sites for hydroxylation is 1. The number of aromatic nitrogens is 4. The fourth-order valence-corrected chi connectivity index (χ4v) is 4.29. The van der Waals surface area contributed by atoms with Crippen molar-refractivity contribution in [2.45, 2.75) is 33.5 Å². The molecule has 0 amide bonds. The van der Waals surface area contributed by atoms with Gasteiger partial charge in [-0.2, -0.15) is 4.68 Å². The summed E-state index contributed by atoms with van der Waals surface area (Å²) in [5, 5.41) is 4.95. The maximum absolute atomic E-state index is 5.82. The van der Waals surface area contributed by atoms with E-state index in [1.54, 1.807) is 0 Å². The molecule has 1 aliphatic heterocycles. The topological polar surface area (TPSA) is 44.6 Å². The van der Waals surface area contributed by atoms with Gasteiger partial charge in [0.25, 0.3) is 0 Å². The highest BCUT2D eigenvalue weighted by atomic mass is 32.1. The molecule has 3 heterocycles. The molecule has 1 saturated heterocycles. The molecule has 1 aliphatic rings. The van der Waals surface area contributed by atoms with Crippen molar-refractivity contribution in [3.8, 4) is 11.4 Å². The molecule has 1 aromatic carbocycles. The average molecular weight is 411 g/mol. The fourth-order valence-electron chi connectivity index (χ4n) is 4.01. The maximum Gasteiger partial charge on any atom is 0.203 e. The zero-order chi connectivity index (χ0) is 20.2. The number of pyridine rings is 1. The minimum absolute atomic E-state index is 0.824. The Balaban J connectivity index is 1.51. The van der Waals surface area contributed by atoms with E-state index in [1.807, 2.05) is 17.1 Å². The molecule has 0 saturated carbocycles. The highest BCUT2D eigenvalue weighted by molar-refractivity contribution is 7.71. The van der Waals surface area contributed by atoms with Gasteiger partial charge in [-0.15, -0.1) is 5.10 Å². The molecule has 0 spiro atoms. The summed E-state index contributed by atoms with van der Waals surface area (Å²) in [7, 11) is 0. The number of piperazine rings is 1. The fraction of sp³-hybridized carbons (Fsp3) is 0.409. The molecule has 7 heteroatoms. The number of rotatable bonds is 6. The van der Waals surface area contributed by atoms with Gasteiger partial charge in [0.1, 0.15) is 0 Å². The minimum atomic E-state index is 0.824. The summed E-state index contributed by atoms with van der Waals surface area (Å²) in [4.78, 5) is 7.07. The van der Waals surface area contributed by atoms with Crippen LogP contribution in [0.25, 0.3) is 11.4 Å². The predicted octanol–water partition coefficient (Wildman–Crippen LogP) is 1.98. The first kappa shape index (κ1) is 19.8. The van der Waals surface area contributed by atoms with Crippen molar-refractivity contribution in [1.29, 1.82) is 0 Å². The van der Waals surface area contributed by atoms with Crippen molar-refractivity contribution in [2.75, 3.05) is 31.1 Å². The summed E-state index contributed by atoms with van der Waals surface area (Å²) in [6.45, 7) is 10.3. The molecule has 0 bridgehead atoms. The number of quaternary nitrogens is 1. The van der Waals surface area contributed by atoms with Gasteiger partial charge in [-0.3, -0.25) is 4.57 Å². The summed E-state index contributed by atoms with van der Waals surface area (Å²) in [6.07, 6.45) is 5.01. The molecule has 0 unspecified atom stereocenters. The lowest BCUT2D eigenvalue weighted by Gasteiger charge is -2.33. The SMILES string of the molecule is CCCn1c(-c2cccc(C)c2)nn(C[NH+]2CCN(c3cc[nH+]cc3)CC2)c1=S. The predicted molar refractivity (Wildman–Crippen MR) is 117 cm³/mol. The largest absolute Gasteiger partial charge is 0.360 e. The molecule has 6 nitrogen and oxygen atoms in total. The zero-order valence-corrected chi connectivity index (χ0v) is 18.1. The van der Waals surface area contributed by atoms with Crippen molar-refractivity contribution < 1.29 is 9.88 Å². The van der Waals surface area contributed by atoms with Crippen LogP contribution in [0.2, 0.25) is 0 Å². The van der Waals surface area contributed by atoms with E-state index in [9.17, 15) is 0 Å². The van der Waals surface area contributed by atoms with Crippen LogP contribution in [-0.2, 0) is 13.2 Å². The second-order valence-corrected chi connectivity index (χ2v) is 8.15. The lowest BCUT2D eigenvalue weighted by atomic mass is 10.1. The number of nitrogens with zero attached hydrogens (tertiary/aromatic N) is 4. The van der Waals surface area contributed by atoms with Gasteiger partial charge in [0.05, 0.1) is 26.2 Å². The lowest BCUT2D eigenvalue weighted by molar-refractivity contribution is -0.924. The second kappa shape index (κ2) is 8.88. The third-order valence-corrected chi connectivity index (χ3v) is 5.99. The molecule has 3 aromatic rings. The van der Waals surface area contributed by atoms with Crippen LogP contribution in [0.4, 0.5) is 5.69 Å². The van der Waals surface area contributed by atoms with Crippen LogP contribution in [0.3, 0.4) is 0 Å². The summed E-state index contributed by atoms with van der Waals surface area (Å²) in [6, 6.07) is 12.8. The van der Waals surface area contributed by atoms with E-state index < -0.39 is 0 Å². The molecule has 0 atom stereocenters. The van der Waals surface area contributed by atoms with Crippen LogP contribution in [0, 0.1) is 11.7 Å². The van der Waals surface area contributed by atoms with Crippen molar-refractivity contribution in [2.24, 2.45) is 0 Å². The van der Waals surface area contributed by atoms with Crippen molar-refractivity contribution in [3.63, 3.8) is 0 Å². The van der Waals surface area contributed by atoms with Gasteiger partial charge >= 0.3 is 0 Å². The van der Waals surface area contributed by atoms with Crippen LogP contribution in [0.1, 0.15) is 18.9 Å².